The largest absolute Gasteiger partial charge is 0.508 e. The summed E-state index contributed by atoms with van der Waals surface area (Å²) in [6.07, 6.45) is -0.0546. The fourth-order valence-corrected chi connectivity index (χ4v) is 6.91. The highest BCUT2D eigenvalue weighted by atomic mass is 32.1. The van der Waals surface area contributed by atoms with Crippen molar-refractivity contribution < 1.29 is 71.6 Å². The molecule has 6 rings (SSSR count). The fraction of sp³-hybridized carbons (Fsp3) is 0.378. The summed E-state index contributed by atoms with van der Waals surface area (Å²) < 4.78 is 64.3. The van der Waals surface area contributed by atoms with Gasteiger partial charge in [-0.25, -0.2) is 9.18 Å². The van der Waals surface area contributed by atoms with Gasteiger partial charge in [0.2, 0.25) is 5.91 Å². The fourth-order valence-electron chi connectivity index (χ4n) is 6.69. The molecule has 0 bridgehead atoms. The summed E-state index contributed by atoms with van der Waals surface area (Å²) in [6, 6.07) is 18.5. The summed E-state index contributed by atoms with van der Waals surface area (Å²) in [6.45, 7) is 6.14. The lowest BCUT2D eigenvalue weighted by atomic mass is 9.77. The molecule has 17 nitrogen and oxygen atoms in total. The Balaban J connectivity index is 0.739. The van der Waals surface area contributed by atoms with E-state index in [0.29, 0.717) is 123 Å². The number of halogens is 1. The molecule has 342 valence electrons. The van der Waals surface area contributed by atoms with E-state index < -0.39 is 23.4 Å². The Labute approximate surface area is 374 Å². The van der Waals surface area contributed by atoms with Gasteiger partial charge in [0.05, 0.1) is 91.3 Å². The van der Waals surface area contributed by atoms with Crippen LogP contribution in [0.3, 0.4) is 0 Å². The minimum Gasteiger partial charge on any atom is -0.508 e. The Morgan fingerprint density at radius 1 is 0.688 bits per heavy atom. The van der Waals surface area contributed by atoms with E-state index in [4.69, 9.17) is 54.8 Å². The Hall–Kier alpha value is -5.93. The lowest BCUT2D eigenvalue weighted by molar-refractivity contribution is -0.136. The summed E-state index contributed by atoms with van der Waals surface area (Å²) in [4.78, 5) is 36.4. The van der Waals surface area contributed by atoms with Crippen molar-refractivity contribution in [2.24, 2.45) is 0 Å². The van der Waals surface area contributed by atoms with Crippen molar-refractivity contribution >= 4 is 40.9 Å². The number of phenols is 2. The molecule has 0 atom stereocenters. The molecule has 1 amide bonds. The van der Waals surface area contributed by atoms with Gasteiger partial charge < -0.3 is 68.8 Å². The maximum atomic E-state index is 14.2. The number of rotatable bonds is 25. The van der Waals surface area contributed by atoms with Crippen LogP contribution in [0.4, 0.5) is 10.1 Å². The van der Waals surface area contributed by atoms with E-state index in [1.807, 2.05) is 0 Å². The van der Waals surface area contributed by atoms with Crippen molar-refractivity contribution in [2.75, 3.05) is 91.1 Å². The highest BCUT2D eigenvalue weighted by molar-refractivity contribution is 7.80. The van der Waals surface area contributed by atoms with Crippen LogP contribution in [0.15, 0.2) is 72.8 Å². The predicted molar refractivity (Wildman–Crippen MR) is 231 cm³/mol. The number of anilines is 1. The average molecular weight is 908 g/mol. The smallest absolute Gasteiger partial charge is 0.340 e. The number of fused-ring (bicyclic) bond motifs is 6. The van der Waals surface area contributed by atoms with E-state index in [1.54, 1.807) is 36.4 Å². The first kappa shape index (κ1) is 47.5. The number of phenolic OH excluding ortho intramolecular Hbond substituents is 2. The maximum Gasteiger partial charge on any atom is 0.340 e. The van der Waals surface area contributed by atoms with Gasteiger partial charge in [-0.3, -0.25) is 9.59 Å². The average Bonchev–Trinajstić information content (AvgIpc) is 3.54. The quantitative estimate of drug-likeness (QED) is 0.0261. The zero-order valence-electron chi connectivity index (χ0n) is 35.1. The number of hydrogen-bond acceptors (Lipinski definition) is 15. The summed E-state index contributed by atoms with van der Waals surface area (Å²) >= 11 is 5.46. The molecule has 4 aromatic rings. The summed E-state index contributed by atoms with van der Waals surface area (Å²) in [7, 11) is 0. The van der Waals surface area contributed by atoms with Gasteiger partial charge in [-0.15, -0.1) is 0 Å². The minimum absolute atomic E-state index is 0.0218. The standard InChI is InChI=1S/C45H50FN3O14S/c1-29(50)48-28-30-2-9-39(38(46)24-30)62-42(53)10-12-55-14-16-57-18-20-59-22-23-60-21-19-58-17-15-56-13-11-47-44(64)49-31-3-6-35-34(25-31)43(54)63-45(35)36-7-4-32(51)26-40(36)61-41-27-33(52)5-8-37(41)45/h2-9,24-27,51-52H,10-23,28H2,1H3,(H,48,50)(H2,47,49,64). The number of aromatic hydroxyl groups is 2. The van der Waals surface area contributed by atoms with Crippen LogP contribution in [0.25, 0.3) is 0 Å². The van der Waals surface area contributed by atoms with Crippen LogP contribution in [0.1, 0.15) is 46.0 Å². The van der Waals surface area contributed by atoms with E-state index in [2.05, 4.69) is 16.0 Å². The second-order valence-electron chi connectivity index (χ2n) is 14.2. The maximum absolute atomic E-state index is 14.2. The van der Waals surface area contributed by atoms with Crippen LogP contribution >= 0.6 is 12.2 Å². The number of thiocarbonyl (C=S) groups is 1. The van der Waals surface area contributed by atoms with Crippen molar-refractivity contribution in [1.29, 1.82) is 0 Å². The third-order valence-electron chi connectivity index (χ3n) is 9.64. The number of nitrogens with one attached hydrogen (secondary N) is 3. The molecule has 5 N–H and O–H groups in total. The van der Waals surface area contributed by atoms with Gasteiger partial charge in [0.1, 0.15) is 23.0 Å². The Morgan fingerprint density at radius 3 is 1.80 bits per heavy atom. The molecule has 0 radical (unpaired) electrons. The van der Waals surface area contributed by atoms with Crippen LogP contribution in [0, 0.1) is 5.82 Å². The van der Waals surface area contributed by atoms with Gasteiger partial charge in [0.25, 0.3) is 0 Å². The molecule has 1 spiro atoms. The molecule has 0 aromatic heterocycles. The number of ether oxygens (including phenoxy) is 9. The van der Waals surface area contributed by atoms with Crippen LogP contribution in [0.5, 0.6) is 28.7 Å². The van der Waals surface area contributed by atoms with Crippen molar-refractivity contribution in [1.82, 2.24) is 10.6 Å². The highest BCUT2D eigenvalue weighted by Crippen LogP contribution is 2.57. The summed E-state index contributed by atoms with van der Waals surface area (Å²) in [5.41, 5.74) is 1.76. The molecule has 0 unspecified atom stereocenters. The van der Waals surface area contributed by atoms with Crippen LogP contribution in [-0.4, -0.2) is 119 Å². The zero-order chi connectivity index (χ0) is 45.3. The Morgan fingerprint density at radius 2 is 1.23 bits per heavy atom. The summed E-state index contributed by atoms with van der Waals surface area (Å²) in [5, 5.41) is 29.3. The van der Waals surface area contributed by atoms with E-state index in [-0.39, 0.29) is 49.3 Å². The first-order valence-corrected chi connectivity index (χ1v) is 20.9. The third kappa shape index (κ3) is 13.1. The molecule has 2 aliphatic rings. The van der Waals surface area contributed by atoms with Crippen LogP contribution in [-0.2, 0) is 54.9 Å². The molecule has 64 heavy (non-hydrogen) atoms. The number of carbonyl (C=O) groups is 3. The molecule has 4 aromatic carbocycles. The SMILES string of the molecule is CC(=O)NCc1ccc(OC(=O)CCOCCOCCOCCOCCOCCOCCNC(=S)Nc2ccc3c(c2)C(=O)OC32c3ccc(O)cc3Oc3cc(O)ccc32)c(F)c1. The van der Waals surface area contributed by atoms with Gasteiger partial charge in [-0.05, 0) is 66.3 Å². The van der Waals surface area contributed by atoms with Crippen molar-refractivity contribution in [3.8, 4) is 28.7 Å². The van der Waals surface area contributed by atoms with E-state index in [0.717, 1.165) is 0 Å². The summed E-state index contributed by atoms with van der Waals surface area (Å²) in [5.74, 6) is -1.74. The first-order chi connectivity index (χ1) is 31.0. The van der Waals surface area contributed by atoms with Crippen molar-refractivity contribution in [3.05, 3.63) is 106 Å². The molecule has 2 heterocycles. The molecule has 0 saturated carbocycles. The number of esters is 2. The number of amides is 1. The van der Waals surface area contributed by atoms with Crippen LogP contribution in [0.2, 0.25) is 0 Å². The van der Waals surface area contributed by atoms with Gasteiger partial charge in [-0.1, -0.05) is 12.1 Å². The highest BCUT2D eigenvalue weighted by Gasteiger charge is 2.53. The molecule has 0 saturated heterocycles. The van der Waals surface area contributed by atoms with Crippen molar-refractivity contribution in [2.45, 2.75) is 25.5 Å². The molecule has 0 fully saturated rings. The molecule has 19 heteroatoms. The number of carbonyl (C=O) groups excluding carboxylic acids is 3. The second-order valence-corrected chi connectivity index (χ2v) is 14.7. The van der Waals surface area contributed by atoms with Gasteiger partial charge >= 0.3 is 11.9 Å². The number of hydrogen-bond donors (Lipinski definition) is 5. The van der Waals surface area contributed by atoms with Crippen LogP contribution < -0.4 is 25.4 Å². The lowest BCUT2D eigenvalue weighted by Crippen LogP contribution is -2.33. The first-order valence-electron chi connectivity index (χ1n) is 20.5. The van der Waals surface area contributed by atoms with E-state index in [1.165, 1.54) is 43.3 Å². The molecule has 2 aliphatic heterocycles. The molecular weight excluding hydrogens is 858 g/mol. The van der Waals surface area contributed by atoms with Gasteiger partial charge in [0.15, 0.2) is 22.3 Å². The molecular formula is C45H50FN3O14S. The Kier molecular flexibility index (Phi) is 17.6. The predicted octanol–water partition coefficient (Wildman–Crippen LogP) is 4.82. The lowest BCUT2D eigenvalue weighted by Gasteiger charge is -2.36. The topological polar surface area (TPSA) is 211 Å². The third-order valence-corrected chi connectivity index (χ3v) is 9.88. The van der Waals surface area contributed by atoms with Gasteiger partial charge in [0, 0.05) is 54.5 Å². The zero-order valence-corrected chi connectivity index (χ0v) is 35.9. The van der Waals surface area contributed by atoms with Gasteiger partial charge in [-0.2, -0.15) is 0 Å². The number of benzene rings is 4. The monoisotopic (exact) mass is 907 g/mol. The molecule has 0 aliphatic carbocycles. The Bertz CT molecular complexity index is 2210. The normalized spacial score (nSPS) is 13.0. The van der Waals surface area contributed by atoms with E-state index >= 15 is 0 Å². The second kappa shape index (κ2) is 23.7. The van der Waals surface area contributed by atoms with E-state index in [9.17, 15) is 29.0 Å². The van der Waals surface area contributed by atoms with Crippen molar-refractivity contribution in [3.63, 3.8) is 0 Å². The minimum atomic E-state index is -1.35.